The molecule has 7 heteroatoms. The molecule has 2 amide bonds. The highest BCUT2D eigenvalue weighted by molar-refractivity contribution is 5.83. The maximum atomic E-state index is 12.1. The highest BCUT2D eigenvalue weighted by atomic mass is 16.4. The van der Waals surface area contributed by atoms with Crippen LogP contribution in [0.5, 0.6) is 0 Å². The van der Waals surface area contributed by atoms with Gasteiger partial charge in [0.2, 0.25) is 0 Å². The molecule has 0 unspecified atom stereocenters. The van der Waals surface area contributed by atoms with Gasteiger partial charge >= 0.3 is 12.0 Å². The molecule has 0 saturated heterocycles. The van der Waals surface area contributed by atoms with E-state index in [1.54, 1.807) is 49.8 Å². The predicted octanol–water partition coefficient (Wildman–Crippen LogP) is 1.38. The van der Waals surface area contributed by atoms with Gasteiger partial charge in [0.1, 0.15) is 5.82 Å². The van der Waals surface area contributed by atoms with Crippen molar-refractivity contribution in [3.05, 3.63) is 54.1 Å². The first-order chi connectivity index (χ1) is 10.1. The summed E-state index contributed by atoms with van der Waals surface area (Å²) in [4.78, 5) is 31.6. The minimum absolute atomic E-state index is 0.264. The lowest BCUT2D eigenvalue weighted by atomic mass is 10.1. The second-order valence-corrected chi connectivity index (χ2v) is 4.52. The first-order valence-electron chi connectivity index (χ1n) is 6.35. The maximum absolute atomic E-state index is 12.1. The number of carbonyl (C=O) groups excluding carboxylic acids is 1. The number of H-pyrrole nitrogens is 1. The van der Waals surface area contributed by atoms with Gasteiger partial charge in [0.25, 0.3) is 0 Å². The quantitative estimate of drug-likeness (QED) is 0.774. The molecule has 7 nitrogen and oxygen atoms in total. The van der Waals surface area contributed by atoms with E-state index in [4.69, 9.17) is 0 Å². The molecule has 0 bridgehead atoms. The zero-order chi connectivity index (χ0) is 15.2. The van der Waals surface area contributed by atoms with Crippen molar-refractivity contribution in [1.82, 2.24) is 20.2 Å². The molecule has 0 aliphatic rings. The number of nitrogens with zero attached hydrogens (tertiary/aromatic N) is 2. The Kier molecular flexibility index (Phi) is 4.55. The second-order valence-electron chi connectivity index (χ2n) is 4.52. The van der Waals surface area contributed by atoms with Crippen molar-refractivity contribution in [1.29, 1.82) is 0 Å². The van der Waals surface area contributed by atoms with Gasteiger partial charge < -0.3 is 20.3 Å². The standard InChI is InChI=1S/C14H16N4O3/c1-18(9-11-15-7-8-16-11)14(21)17-12(13(19)20)10-5-3-2-4-6-10/h2-8,12H,9H2,1H3,(H,15,16)(H,17,21)(H,19,20)/t12-/m1/s1. The first-order valence-corrected chi connectivity index (χ1v) is 6.35. The van der Waals surface area contributed by atoms with Crippen LogP contribution in [0.4, 0.5) is 4.79 Å². The number of aliphatic carboxylic acids is 1. The average molecular weight is 288 g/mol. The minimum atomic E-state index is -1.11. The van der Waals surface area contributed by atoms with Crippen LogP contribution in [-0.4, -0.2) is 39.0 Å². The van der Waals surface area contributed by atoms with Crippen LogP contribution in [0.3, 0.4) is 0 Å². The molecular weight excluding hydrogens is 272 g/mol. The Morgan fingerprint density at radius 2 is 2.10 bits per heavy atom. The third-order valence-corrected chi connectivity index (χ3v) is 2.94. The lowest BCUT2D eigenvalue weighted by Gasteiger charge is -2.21. The summed E-state index contributed by atoms with van der Waals surface area (Å²) in [7, 11) is 1.57. The number of nitrogens with one attached hydrogen (secondary N) is 2. The second kappa shape index (κ2) is 6.56. The third-order valence-electron chi connectivity index (χ3n) is 2.94. The summed E-state index contributed by atoms with van der Waals surface area (Å²) in [6.07, 6.45) is 3.25. The Morgan fingerprint density at radius 1 is 1.38 bits per heavy atom. The van der Waals surface area contributed by atoms with E-state index in [2.05, 4.69) is 15.3 Å². The molecule has 1 aromatic carbocycles. The van der Waals surface area contributed by atoms with Gasteiger partial charge in [0.05, 0.1) is 6.54 Å². The number of hydrogen-bond donors (Lipinski definition) is 3. The molecule has 1 aromatic heterocycles. The summed E-state index contributed by atoms with van der Waals surface area (Å²) in [5.41, 5.74) is 0.518. The van der Waals surface area contributed by atoms with E-state index in [9.17, 15) is 14.7 Å². The molecule has 2 aromatic rings. The lowest BCUT2D eigenvalue weighted by molar-refractivity contribution is -0.139. The van der Waals surface area contributed by atoms with Gasteiger partial charge in [-0.05, 0) is 5.56 Å². The first kappa shape index (κ1) is 14.6. The number of carboxylic acid groups (broad SMARTS) is 1. The minimum Gasteiger partial charge on any atom is -0.479 e. The van der Waals surface area contributed by atoms with Crippen molar-refractivity contribution in [2.45, 2.75) is 12.6 Å². The number of imidazole rings is 1. The number of aromatic nitrogens is 2. The van der Waals surface area contributed by atoms with Crippen molar-refractivity contribution in [3.63, 3.8) is 0 Å². The van der Waals surface area contributed by atoms with Crippen molar-refractivity contribution in [2.75, 3.05) is 7.05 Å². The third kappa shape index (κ3) is 3.82. The monoisotopic (exact) mass is 288 g/mol. The fraction of sp³-hybridized carbons (Fsp3) is 0.214. The van der Waals surface area contributed by atoms with Crippen molar-refractivity contribution >= 4 is 12.0 Å². The number of carboxylic acids is 1. The Bertz CT molecular complexity index is 598. The Balaban J connectivity index is 2.03. The van der Waals surface area contributed by atoms with Gasteiger partial charge in [-0.1, -0.05) is 30.3 Å². The summed E-state index contributed by atoms with van der Waals surface area (Å²) in [5, 5.41) is 11.8. The Morgan fingerprint density at radius 3 is 2.67 bits per heavy atom. The molecular formula is C14H16N4O3. The van der Waals surface area contributed by atoms with E-state index >= 15 is 0 Å². The van der Waals surface area contributed by atoms with Crippen LogP contribution in [0, 0.1) is 0 Å². The van der Waals surface area contributed by atoms with Crippen LogP contribution >= 0.6 is 0 Å². The molecule has 21 heavy (non-hydrogen) atoms. The van der Waals surface area contributed by atoms with Crippen LogP contribution in [0.1, 0.15) is 17.4 Å². The predicted molar refractivity (Wildman–Crippen MR) is 75.4 cm³/mol. The molecule has 0 fully saturated rings. The summed E-state index contributed by atoms with van der Waals surface area (Å²) in [6.45, 7) is 0.264. The van der Waals surface area contributed by atoms with Crippen LogP contribution in [0.15, 0.2) is 42.7 Å². The molecule has 0 radical (unpaired) electrons. The number of urea groups is 1. The Labute approximate surface area is 121 Å². The van der Waals surface area contributed by atoms with Crippen molar-refractivity contribution < 1.29 is 14.7 Å². The topological polar surface area (TPSA) is 98.3 Å². The average Bonchev–Trinajstić information content (AvgIpc) is 2.98. The number of aromatic amines is 1. The van der Waals surface area contributed by atoms with E-state index in [1.165, 1.54) is 4.90 Å². The van der Waals surface area contributed by atoms with Gasteiger partial charge in [0, 0.05) is 19.4 Å². The van der Waals surface area contributed by atoms with Crippen molar-refractivity contribution in [2.24, 2.45) is 0 Å². The zero-order valence-electron chi connectivity index (χ0n) is 11.5. The normalized spacial score (nSPS) is 11.7. The molecule has 110 valence electrons. The summed E-state index contributed by atoms with van der Waals surface area (Å²) >= 11 is 0. The van der Waals surface area contributed by atoms with Crippen LogP contribution in [0.25, 0.3) is 0 Å². The summed E-state index contributed by atoms with van der Waals surface area (Å²) in [5.74, 6) is -0.486. The highest BCUT2D eigenvalue weighted by Crippen LogP contribution is 2.13. The molecule has 1 atom stereocenters. The number of benzene rings is 1. The number of hydrogen-bond acceptors (Lipinski definition) is 3. The zero-order valence-corrected chi connectivity index (χ0v) is 11.5. The smallest absolute Gasteiger partial charge is 0.330 e. The highest BCUT2D eigenvalue weighted by Gasteiger charge is 2.23. The lowest BCUT2D eigenvalue weighted by Crippen LogP contribution is -2.41. The molecule has 1 heterocycles. The van der Waals surface area contributed by atoms with E-state index in [-0.39, 0.29) is 6.54 Å². The largest absolute Gasteiger partial charge is 0.479 e. The van der Waals surface area contributed by atoms with Crippen molar-refractivity contribution in [3.8, 4) is 0 Å². The fourth-order valence-corrected chi connectivity index (χ4v) is 1.85. The van der Waals surface area contributed by atoms with Gasteiger partial charge in [-0.25, -0.2) is 14.6 Å². The SMILES string of the molecule is CN(Cc1ncc[nH]1)C(=O)N[C@@H](C(=O)O)c1ccccc1. The van der Waals surface area contributed by atoms with Crippen LogP contribution in [-0.2, 0) is 11.3 Å². The van der Waals surface area contributed by atoms with E-state index in [1.807, 2.05) is 0 Å². The molecule has 0 aliphatic heterocycles. The molecule has 3 N–H and O–H groups in total. The van der Waals surface area contributed by atoms with Gasteiger partial charge in [0.15, 0.2) is 6.04 Å². The van der Waals surface area contributed by atoms with E-state index < -0.39 is 18.0 Å². The summed E-state index contributed by atoms with van der Waals surface area (Å²) in [6, 6.07) is 6.98. The van der Waals surface area contributed by atoms with Crippen LogP contribution < -0.4 is 5.32 Å². The van der Waals surface area contributed by atoms with Gasteiger partial charge in [-0.2, -0.15) is 0 Å². The molecule has 0 spiro atoms. The maximum Gasteiger partial charge on any atom is 0.330 e. The molecule has 2 rings (SSSR count). The number of rotatable bonds is 5. The molecule has 0 saturated carbocycles. The van der Waals surface area contributed by atoms with Gasteiger partial charge in [-0.15, -0.1) is 0 Å². The Hall–Kier alpha value is -2.83. The number of amides is 2. The number of carbonyl (C=O) groups is 2. The van der Waals surface area contributed by atoms with E-state index in [0.717, 1.165) is 0 Å². The van der Waals surface area contributed by atoms with Crippen LogP contribution in [0.2, 0.25) is 0 Å². The fourth-order valence-electron chi connectivity index (χ4n) is 1.85. The molecule has 0 aliphatic carbocycles. The summed E-state index contributed by atoms with van der Waals surface area (Å²) < 4.78 is 0. The van der Waals surface area contributed by atoms with E-state index in [0.29, 0.717) is 11.4 Å². The van der Waals surface area contributed by atoms with Gasteiger partial charge in [-0.3, -0.25) is 0 Å².